The van der Waals surface area contributed by atoms with Crippen LogP contribution in [0, 0.1) is 0 Å². The van der Waals surface area contributed by atoms with Gasteiger partial charge in [0.1, 0.15) is 6.67 Å². The second kappa shape index (κ2) is 5.24. The molecule has 0 aromatic rings. The Morgan fingerprint density at radius 3 is 2.64 bits per heavy atom. The maximum atomic E-state index is 10.7. The minimum atomic E-state index is -0.519. The Morgan fingerprint density at radius 1 is 1.82 bits per heavy atom. The highest BCUT2D eigenvalue weighted by Crippen LogP contribution is 2.02. The number of thiocarbonyl (C=S) groups is 1. The zero-order valence-corrected chi connectivity index (χ0v) is 7.95. The van der Waals surface area contributed by atoms with E-state index in [1.807, 2.05) is 13.8 Å². The third-order valence-electron chi connectivity index (χ3n) is 1.14. The lowest BCUT2D eigenvalue weighted by atomic mass is 10.4. The second-order valence-corrected chi connectivity index (χ2v) is 2.71. The van der Waals surface area contributed by atoms with Crippen molar-refractivity contribution in [3.8, 4) is 0 Å². The summed E-state index contributed by atoms with van der Waals surface area (Å²) < 4.78 is 0. The number of isothiocyanates is 1. The average Bonchev–Trinajstić information content (AvgIpc) is 1.87. The Labute approximate surface area is 76.0 Å². The molecule has 0 rings (SSSR count). The third-order valence-corrected chi connectivity index (χ3v) is 1.48. The summed E-state index contributed by atoms with van der Waals surface area (Å²) in [6, 6.07) is 0.0344. The van der Waals surface area contributed by atoms with E-state index in [-0.39, 0.29) is 12.7 Å². The molecule has 0 spiro atoms. The first-order chi connectivity index (χ1) is 5.09. The van der Waals surface area contributed by atoms with E-state index >= 15 is 0 Å². The van der Waals surface area contributed by atoms with Crippen molar-refractivity contribution in [2.24, 2.45) is 4.99 Å². The van der Waals surface area contributed by atoms with E-state index in [9.17, 15) is 4.79 Å². The fourth-order valence-electron chi connectivity index (χ4n) is 0.527. The van der Waals surface area contributed by atoms with Crippen molar-refractivity contribution in [2.75, 3.05) is 6.67 Å². The number of carbonyl (C=O) groups is 1. The van der Waals surface area contributed by atoms with Crippen LogP contribution in [0.5, 0.6) is 0 Å². The van der Waals surface area contributed by atoms with Crippen LogP contribution in [-0.2, 0) is 0 Å². The summed E-state index contributed by atoms with van der Waals surface area (Å²) in [6.07, 6.45) is 0. The molecule has 0 bridgehead atoms. The van der Waals surface area contributed by atoms with Crippen LogP contribution >= 0.6 is 23.8 Å². The molecule has 0 aliphatic carbocycles. The Bertz CT molecular complexity index is 189. The molecule has 0 aromatic heterocycles. The SMILES string of the molecule is CC(C)N(CN=C=S)C(=O)Cl. The minimum Gasteiger partial charge on any atom is -0.306 e. The molecule has 11 heavy (non-hydrogen) atoms. The molecule has 3 nitrogen and oxygen atoms in total. The molecule has 0 saturated heterocycles. The van der Waals surface area contributed by atoms with Crippen LogP contribution < -0.4 is 0 Å². The summed E-state index contributed by atoms with van der Waals surface area (Å²) >= 11 is 9.59. The van der Waals surface area contributed by atoms with E-state index in [0.717, 1.165) is 0 Å². The van der Waals surface area contributed by atoms with Gasteiger partial charge in [0.05, 0.1) is 5.16 Å². The topological polar surface area (TPSA) is 32.7 Å². The van der Waals surface area contributed by atoms with E-state index in [2.05, 4.69) is 22.4 Å². The smallest absolute Gasteiger partial charge is 0.306 e. The quantitative estimate of drug-likeness (QED) is 0.297. The van der Waals surface area contributed by atoms with Crippen molar-refractivity contribution < 1.29 is 4.79 Å². The Balaban J connectivity index is 4.11. The molecule has 0 atom stereocenters. The molecule has 62 valence electrons. The first-order valence-electron chi connectivity index (χ1n) is 3.09. The van der Waals surface area contributed by atoms with Gasteiger partial charge in [0, 0.05) is 6.04 Å². The highest BCUT2D eigenvalue weighted by molar-refractivity contribution is 7.78. The van der Waals surface area contributed by atoms with E-state index in [1.165, 1.54) is 4.90 Å². The van der Waals surface area contributed by atoms with Crippen molar-refractivity contribution in [3.63, 3.8) is 0 Å². The lowest BCUT2D eigenvalue weighted by molar-refractivity contribution is 0.210. The first-order valence-corrected chi connectivity index (χ1v) is 3.88. The first kappa shape index (κ1) is 10.6. The van der Waals surface area contributed by atoms with Crippen LogP contribution in [0.1, 0.15) is 13.8 Å². The molecule has 0 aromatic carbocycles. The van der Waals surface area contributed by atoms with Gasteiger partial charge in [-0.15, -0.1) is 0 Å². The highest BCUT2D eigenvalue weighted by atomic mass is 35.5. The summed E-state index contributed by atoms with van der Waals surface area (Å²) in [5.74, 6) is 0. The number of aliphatic imine (C=N–C) groups is 1. The van der Waals surface area contributed by atoms with E-state index in [1.54, 1.807) is 0 Å². The molecule has 0 saturated carbocycles. The summed E-state index contributed by atoms with van der Waals surface area (Å²) in [4.78, 5) is 15.6. The van der Waals surface area contributed by atoms with Crippen LogP contribution in [0.3, 0.4) is 0 Å². The Kier molecular flexibility index (Phi) is 5.03. The van der Waals surface area contributed by atoms with Crippen LogP contribution in [0.4, 0.5) is 4.79 Å². The summed E-state index contributed by atoms with van der Waals surface area (Å²) in [7, 11) is 0. The molecule has 0 aliphatic heterocycles. The number of hydrogen-bond donors (Lipinski definition) is 0. The molecule has 0 unspecified atom stereocenters. The van der Waals surface area contributed by atoms with Crippen molar-refractivity contribution >= 4 is 34.3 Å². The predicted octanol–water partition coefficient (Wildman–Crippen LogP) is 2.12. The van der Waals surface area contributed by atoms with Crippen LogP contribution in [0.25, 0.3) is 0 Å². The molecule has 0 radical (unpaired) electrons. The van der Waals surface area contributed by atoms with Gasteiger partial charge in [-0.2, -0.15) is 0 Å². The number of nitrogens with zero attached hydrogens (tertiary/aromatic N) is 2. The van der Waals surface area contributed by atoms with Gasteiger partial charge in [-0.05, 0) is 37.7 Å². The van der Waals surface area contributed by atoms with Crippen molar-refractivity contribution in [3.05, 3.63) is 0 Å². The monoisotopic (exact) mass is 192 g/mol. The molecule has 0 heterocycles. The zero-order valence-electron chi connectivity index (χ0n) is 6.37. The molecule has 0 fully saturated rings. The standard InChI is InChI=1S/C6H9ClN2OS/c1-5(2)9(6(7)10)3-8-4-11/h5H,3H2,1-2H3. The van der Waals surface area contributed by atoms with Gasteiger partial charge in [0.25, 0.3) is 0 Å². The van der Waals surface area contributed by atoms with Gasteiger partial charge in [0.2, 0.25) is 0 Å². The molecular formula is C6H9ClN2OS. The number of hydrogen-bond acceptors (Lipinski definition) is 3. The lowest BCUT2D eigenvalue weighted by Crippen LogP contribution is -2.33. The van der Waals surface area contributed by atoms with Crippen LogP contribution in [-0.4, -0.2) is 28.1 Å². The number of rotatable bonds is 3. The van der Waals surface area contributed by atoms with E-state index < -0.39 is 5.37 Å². The van der Waals surface area contributed by atoms with Crippen LogP contribution in [0.2, 0.25) is 0 Å². The zero-order chi connectivity index (χ0) is 8.85. The Morgan fingerprint density at radius 2 is 2.36 bits per heavy atom. The van der Waals surface area contributed by atoms with Crippen molar-refractivity contribution in [1.29, 1.82) is 0 Å². The van der Waals surface area contributed by atoms with Gasteiger partial charge in [0.15, 0.2) is 0 Å². The number of carbonyl (C=O) groups excluding carboxylic acids is 1. The lowest BCUT2D eigenvalue weighted by Gasteiger charge is -2.20. The van der Waals surface area contributed by atoms with E-state index in [0.29, 0.717) is 0 Å². The van der Waals surface area contributed by atoms with E-state index in [4.69, 9.17) is 11.6 Å². The number of amides is 1. The predicted molar refractivity (Wildman–Crippen MR) is 48.1 cm³/mol. The van der Waals surface area contributed by atoms with Gasteiger partial charge < -0.3 is 4.90 Å². The molecule has 0 N–H and O–H groups in total. The third kappa shape index (κ3) is 4.09. The molecular weight excluding hydrogens is 184 g/mol. The van der Waals surface area contributed by atoms with Gasteiger partial charge in [-0.25, -0.2) is 4.99 Å². The second-order valence-electron chi connectivity index (χ2n) is 2.21. The summed E-state index contributed by atoms with van der Waals surface area (Å²) in [5, 5.41) is 1.64. The molecule has 5 heteroatoms. The van der Waals surface area contributed by atoms with Crippen LogP contribution in [0.15, 0.2) is 4.99 Å². The average molecular weight is 193 g/mol. The summed E-state index contributed by atoms with van der Waals surface area (Å²) in [6.45, 7) is 3.88. The highest BCUT2D eigenvalue weighted by Gasteiger charge is 2.12. The van der Waals surface area contributed by atoms with Gasteiger partial charge in [-0.1, -0.05) is 0 Å². The normalized spacial score (nSPS) is 9.09. The van der Waals surface area contributed by atoms with Gasteiger partial charge in [-0.3, -0.25) is 4.79 Å². The summed E-state index contributed by atoms with van der Waals surface area (Å²) in [5.41, 5.74) is 0. The fraction of sp³-hybridized carbons (Fsp3) is 0.667. The van der Waals surface area contributed by atoms with Crippen molar-refractivity contribution in [1.82, 2.24) is 4.90 Å². The van der Waals surface area contributed by atoms with Gasteiger partial charge >= 0.3 is 5.37 Å². The largest absolute Gasteiger partial charge is 0.318 e. The minimum absolute atomic E-state index is 0.0344. The maximum absolute atomic E-state index is 10.7. The number of halogens is 1. The molecule has 1 amide bonds. The maximum Gasteiger partial charge on any atom is 0.318 e. The Hall–Kier alpha value is -0.440. The van der Waals surface area contributed by atoms with Crippen molar-refractivity contribution in [2.45, 2.75) is 19.9 Å². The molecule has 0 aliphatic rings. The fourth-order valence-corrected chi connectivity index (χ4v) is 0.833.